The van der Waals surface area contributed by atoms with Crippen molar-refractivity contribution in [3.8, 4) is 11.6 Å². The van der Waals surface area contributed by atoms with Gasteiger partial charge in [0.15, 0.2) is 5.75 Å². The first-order chi connectivity index (χ1) is 12.7. The Labute approximate surface area is 154 Å². The number of nitrogens with one attached hydrogen (secondary N) is 1. The lowest BCUT2D eigenvalue weighted by Crippen LogP contribution is -2.11. The molecule has 6 heteroatoms. The molecule has 0 spiro atoms. The fraction of sp³-hybridized carbons (Fsp3) is 0.0500. The van der Waals surface area contributed by atoms with Gasteiger partial charge < -0.3 is 10.1 Å². The lowest BCUT2D eigenvalue weighted by atomic mass is 10.1. The van der Waals surface area contributed by atoms with E-state index in [0.29, 0.717) is 22.9 Å². The van der Waals surface area contributed by atoms with Crippen LogP contribution in [0.2, 0.25) is 0 Å². The second-order valence-electron chi connectivity index (χ2n) is 5.67. The minimum Gasteiger partial charge on any atom is -0.437 e. The summed E-state index contributed by atoms with van der Waals surface area (Å²) in [4.78, 5) is 21.0. The van der Waals surface area contributed by atoms with Crippen molar-refractivity contribution in [2.75, 3.05) is 5.32 Å². The van der Waals surface area contributed by atoms with Crippen molar-refractivity contribution in [1.29, 1.82) is 0 Å². The number of aryl methyl sites for hydroxylation is 1. The van der Waals surface area contributed by atoms with Crippen LogP contribution in [0.4, 0.5) is 5.69 Å². The zero-order valence-corrected chi connectivity index (χ0v) is 14.8. The molecular weight excluding hydrogens is 346 g/mol. The van der Waals surface area contributed by atoms with Crippen molar-refractivity contribution in [2.24, 2.45) is 0 Å². The number of rotatable bonds is 4. The zero-order valence-electron chi connectivity index (χ0n) is 14.0. The highest BCUT2D eigenvalue weighted by Crippen LogP contribution is 2.27. The Morgan fingerprint density at radius 2 is 1.96 bits per heavy atom. The quantitative estimate of drug-likeness (QED) is 0.553. The van der Waals surface area contributed by atoms with Crippen LogP contribution in [-0.4, -0.2) is 15.9 Å². The van der Waals surface area contributed by atoms with Gasteiger partial charge in [-0.05, 0) is 31.2 Å². The normalized spacial score (nSPS) is 10.7. The van der Waals surface area contributed by atoms with E-state index in [1.807, 2.05) is 48.7 Å². The third kappa shape index (κ3) is 3.27. The van der Waals surface area contributed by atoms with Crippen LogP contribution >= 0.6 is 11.3 Å². The van der Waals surface area contributed by atoms with E-state index in [0.717, 1.165) is 15.8 Å². The first-order valence-electron chi connectivity index (χ1n) is 8.04. The predicted octanol–water partition coefficient (Wildman–Crippen LogP) is 5.04. The highest BCUT2D eigenvalue weighted by Gasteiger charge is 2.12. The number of fused-ring (bicyclic) bond motifs is 1. The maximum atomic E-state index is 12.5. The van der Waals surface area contributed by atoms with Crippen LogP contribution < -0.4 is 10.1 Å². The van der Waals surface area contributed by atoms with Crippen LogP contribution in [0.5, 0.6) is 11.6 Å². The molecule has 0 unspecified atom stereocenters. The van der Waals surface area contributed by atoms with Crippen LogP contribution in [0.1, 0.15) is 16.1 Å². The standard InChI is InChI=1S/C20H15N3O2S/c1-13-17(6-4-10-21-13)25-19-9-8-14(11-22-19)23-20(24)16-12-26-18-7-3-2-5-15(16)18/h2-12H,1H3,(H,23,24). The zero-order chi connectivity index (χ0) is 17.9. The molecule has 5 nitrogen and oxygen atoms in total. The van der Waals surface area contributed by atoms with Crippen molar-refractivity contribution in [2.45, 2.75) is 6.92 Å². The number of amides is 1. The van der Waals surface area contributed by atoms with E-state index in [9.17, 15) is 4.79 Å². The molecule has 0 saturated heterocycles. The molecule has 1 amide bonds. The summed E-state index contributed by atoms with van der Waals surface area (Å²) in [5, 5.41) is 5.70. The molecule has 0 saturated carbocycles. The number of pyridine rings is 2. The second kappa shape index (κ2) is 6.93. The number of ether oxygens (including phenoxy) is 1. The third-order valence-corrected chi connectivity index (χ3v) is 4.86. The summed E-state index contributed by atoms with van der Waals surface area (Å²) in [6.07, 6.45) is 3.29. The highest BCUT2D eigenvalue weighted by atomic mass is 32.1. The molecule has 4 rings (SSSR count). The van der Waals surface area contributed by atoms with Crippen molar-refractivity contribution < 1.29 is 9.53 Å². The largest absolute Gasteiger partial charge is 0.437 e. The van der Waals surface area contributed by atoms with Crippen molar-refractivity contribution >= 4 is 33.0 Å². The summed E-state index contributed by atoms with van der Waals surface area (Å²) in [7, 11) is 0. The summed E-state index contributed by atoms with van der Waals surface area (Å²) >= 11 is 1.56. The Balaban J connectivity index is 1.49. The molecular formula is C20H15N3O2S. The Kier molecular flexibility index (Phi) is 4.33. The number of benzene rings is 1. The summed E-state index contributed by atoms with van der Waals surface area (Å²) in [5.41, 5.74) is 2.06. The second-order valence-corrected chi connectivity index (χ2v) is 6.59. The maximum absolute atomic E-state index is 12.5. The van der Waals surface area contributed by atoms with Gasteiger partial charge in [0.2, 0.25) is 5.88 Å². The Hall–Kier alpha value is -3.25. The average Bonchev–Trinajstić information content (AvgIpc) is 3.09. The molecule has 128 valence electrons. The average molecular weight is 361 g/mol. The van der Waals surface area contributed by atoms with Crippen LogP contribution in [0.25, 0.3) is 10.1 Å². The maximum Gasteiger partial charge on any atom is 0.257 e. The molecule has 0 aliphatic carbocycles. The molecule has 3 aromatic heterocycles. The summed E-state index contributed by atoms with van der Waals surface area (Å²) in [6.45, 7) is 1.87. The van der Waals surface area contributed by atoms with Crippen molar-refractivity contribution in [1.82, 2.24) is 9.97 Å². The molecule has 0 atom stereocenters. The van der Waals surface area contributed by atoms with Crippen LogP contribution in [0.15, 0.2) is 66.3 Å². The molecule has 0 bridgehead atoms. The van der Waals surface area contributed by atoms with E-state index in [4.69, 9.17) is 4.74 Å². The van der Waals surface area contributed by atoms with Gasteiger partial charge in [-0.25, -0.2) is 4.98 Å². The number of anilines is 1. The molecule has 1 N–H and O–H groups in total. The number of nitrogens with zero attached hydrogens (tertiary/aromatic N) is 2. The third-order valence-electron chi connectivity index (χ3n) is 3.89. The van der Waals surface area contributed by atoms with E-state index in [-0.39, 0.29) is 5.91 Å². The van der Waals surface area contributed by atoms with Gasteiger partial charge in [0.1, 0.15) is 0 Å². The monoisotopic (exact) mass is 361 g/mol. The molecule has 1 aromatic carbocycles. The fourth-order valence-corrected chi connectivity index (χ4v) is 3.50. The minimum atomic E-state index is -0.152. The first-order valence-corrected chi connectivity index (χ1v) is 8.92. The van der Waals surface area contributed by atoms with Gasteiger partial charge in [0.25, 0.3) is 5.91 Å². The number of carbonyl (C=O) groups is 1. The van der Waals surface area contributed by atoms with Gasteiger partial charge in [-0.1, -0.05) is 18.2 Å². The van der Waals surface area contributed by atoms with Crippen molar-refractivity contribution in [3.63, 3.8) is 0 Å². The van der Waals surface area contributed by atoms with E-state index >= 15 is 0 Å². The number of carbonyl (C=O) groups excluding carboxylic acids is 1. The molecule has 4 aromatic rings. The molecule has 3 heterocycles. The van der Waals surface area contributed by atoms with Gasteiger partial charge in [0, 0.05) is 27.7 Å². The molecule has 0 aliphatic rings. The number of thiophene rings is 1. The molecule has 0 fully saturated rings. The Morgan fingerprint density at radius 1 is 1.08 bits per heavy atom. The van der Waals surface area contributed by atoms with Crippen molar-refractivity contribution in [3.05, 3.63) is 77.6 Å². The van der Waals surface area contributed by atoms with E-state index in [1.54, 1.807) is 35.9 Å². The number of aromatic nitrogens is 2. The van der Waals surface area contributed by atoms with Crippen LogP contribution in [-0.2, 0) is 0 Å². The fourth-order valence-electron chi connectivity index (χ4n) is 2.56. The van der Waals surface area contributed by atoms with E-state index < -0.39 is 0 Å². The molecule has 0 aliphatic heterocycles. The van der Waals surface area contributed by atoms with Crippen LogP contribution in [0, 0.1) is 6.92 Å². The predicted molar refractivity (Wildman–Crippen MR) is 103 cm³/mol. The molecule has 26 heavy (non-hydrogen) atoms. The van der Waals surface area contributed by atoms with E-state index in [1.165, 1.54) is 0 Å². The SMILES string of the molecule is Cc1ncccc1Oc1ccc(NC(=O)c2csc3ccccc23)cn1. The lowest BCUT2D eigenvalue weighted by molar-refractivity contribution is 0.102. The Morgan fingerprint density at radius 3 is 2.77 bits per heavy atom. The molecule has 0 radical (unpaired) electrons. The number of hydrogen-bond acceptors (Lipinski definition) is 5. The summed E-state index contributed by atoms with van der Waals surface area (Å²) in [5.74, 6) is 0.947. The smallest absolute Gasteiger partial charge is 0.257 e. The van der Waals surface area contributed by atoms with E-state index in [2.05, 4.69) is 15.3 Å². The first kappa shape index (κ1) is 16.2. The van der Waals surface area contributed by atoms with Gasteiger partial charge >= 0.3 is 0 Å². The minimum absolute atomic E-state index is 0.152. The highest BCUT2D eigenvalue weighted by molar-refractivity contribution is 7.17. The van der Waals surface area contributed by atoms with Gasteiger partial charge in [-0.2, -0.15) is 0 Å². The van der Waals surface area contributed by atoms with Gasteiger partial charge in [0.05, 0.1) is 23.1 Å². The summed E-state index contributed by atoms with van der Waals surface area (Å²) < 4.78 is 6.80. The Bertz CT molecular complexity index is 1070. The topological polar surface area (TPSA) is 64.1 Å². The lowest BCUT2D eigenvalue weighted by Gasteiger charge is -2.08. The van der Waals surface area contributed by atoms with Gasteiger partial charge in [-0.15, -0.1) is 11.3 Å². The van der Waals surface area contributed by atoms with Crippen LogP contribution in [0.3, 0.4) is 0 Å². The number of hydrogen-bond donors (Lipinski definition) is 1. The summed E-state index contributed by atoms with van der Waals surface area (Å²) in [6, 6.07) is 15.0. The van der Waals surface area contributed by atoms with Gasteiger partial charge in [-0.3, -0.25) is 9.78 Å².